The van der Waals surface area contributed by atoms with E-state index in [1.807, 2.05) is 6.92 Å². The molecule has 184 valence electrons. The number of para-hydroxylation sites is 1. The van der Waals surface area contributed by atoms with E-state index >= 15 is 0 Å². The number of amides is 2. The number of benzene rings is 2. The van der Waals surface area contributed by atoms with Crippen molar-refractivity contribution < 1.29 is 27.5 Å². The molecule has 1 fully saturated rings. The van der Waals surface area contributed by atoms with Crippen LogP contribution in [0.3, 0.4) is 0 Å². The molecule has 35 heavy (non-hydrogen) atoms. The van der Waals surface area contributed by atoms with Crippen LogP contribution in [0, 0.1) is 6.92 Å². The number of carbonyl (C=O) groups is 2. The van der Waals surface area contributed by atoms with Crippen molar-refractivity contribution in [3.63, 3.8) is 0 Å². The van der Waals surface area contributed by atoms with Gasteiger partial charge in [-0.05, 0) is 37.6 Å². The Hall–Kier alpha value is -3.82. The van der Waals surface area contributed by atoms with Crippen molar-refractivity contribution in [2.75, 3.05) is 33.3 Å². The Morgan fingerprint density at radius 2 is 1.49 bits per heavy atom. The number of hydrogen-bond donors (Lipinski definition) is 0. The Morgan fingerprint density at radius 1 is 0.886 bits per heavy atom. The molecule has 0 N–H and O–H groups in total. The zero-order valence-corrected chi connectivity index (χ0v) is 19.4. The second-order valence-corrected chi connectivity index (χ2v) is 8.29. The van der Waals surface area contributed by atoms with Gasteiger partial charge in [-0.15, -0.1) is 0 Å². The van der Waals surface area contributed by atoms with Crippen LogP contribution in [-0.4, -0.2) is 64.7 Å². The van der Waals surface area contributed by atoms with E-state index in [1.54, 1.807) is 41.3 Å². The molecule has 1 aromatic heterocycles. The van der Waals surface area contributed by atoms with Crippen molar-refractivity contribution in [3.8, 4) is 11.4 Å². The molecule has 10 heteroatoms. The molecule has 1 aliphatic rings. The molecule has 7 nitrogen and oxygen atoms in total. The molecule has 2 amide bonds. The summed E-state index contributed by atoms with van der Waals surface area (Å²) in [5.74, 6) is -0.574. The van der Waals surface area contributed by atoms with Gasteiger partial charge in [-0.1, -0.05) is 29.8 Å². The lowest BCUT2D eigenvalue weighted by atomic mass is 10.1. The molecule has 0 atom stereocenters. The van der Waals surface area contributed by atoms with E-state index in [0.29, 0.717) is 24.3 Å². The summed E-state index contributed by atoms with van der Waals surface area (Å²) < 4.78 is 48.2. The SMILES string of the molecule is COc1ccccc1C(=O)N1CCCN(C(=O)c2cnn(-c3ccc(C)cc3)c2C(F)(F)F)CC1. The molecular formula is C25H25F3N4O3. The lowest BCUT2D eigenvalue weighted by Gasteiger charge is -2.23. The van der Waals surface area contributed by atoms with Crippen molar-refractivity contribution in [2.24, 2.45) is 0 Å². The highest BCUT2D eigenvalue weighted by Crippen LogP contribution is 2.34. The fourth-order valence-corrected chi connectivity index (χ4v) is 4.15. The quantitative estimate of drug-likeness (QED) is 0.555. The third kappa shape index (κ3) is 5.01. The first kappa shape index (κ1) is 24.3. The largest absolute Gasteiger partial charge is 0.496 e. The number of aromatic nitrogens is 2. The van der Waals surface area contributed by atoms with Gasteiger partial charge >= 0.3 is 6.18 Å². The maximum atomic E-state index is 14.0. The minimum Gasteiger partial charge on any atom is -0.496 e. The molecule has 1 saturated heterocycles. The molecular weight excluding hydrogens is 461 g/mol. The number of carbonyl (C=O) groups excluding carboxylic acids is 2. The molecule has 2 aromatic carbocycles. The summed E-state index contributed by atoms with van der Waals surface area (Å²) in [7, 11) is 1.48. The number of ether oxygens (including phenoxy) is 1. The lowest BCUT2D eigenvalue weighted by molar-refractivity contribution is -0.143. The number of hydrogen-bond acceptors (Lipinski definition) is 4. The first-order valence-electron chi connectivity index (χ1n) is 11.1. The molecule has 0 spiro atoms. The molecule has 0 bridgehead atoms. The molecule has 0 unspecified atom stereocenters. The van der Waals surface area contributed by atoms with Gasteiger partial charge in [0, 0.05) is 26.2 Å². The van der Waals surface area contributed by atoms with Crippen LogP contribution in [0.2, 0.25) is 0 Å². The maximum Gasteiger partial charge on any atom is 0.434 e. The number of halogens is 3. The summed E-state index contributed by atoms with van der Waals surface area (Å²) in [6, 6.07) is 13.2. The fraction of sp³-hybridized carbons (Fsp3) is 0.320. The summed E-state index contributed by atoms with van der Waals surface area (Å²) in [4.78, 5) is 29.2. The van der Waals surface area contributed by atoms with Crippen molar-refractivity contribution in [1.82, 2.24) is 19.6 Å². The van der Waals surface area contributed by atoms with E-state index in [0.717, 1.165) is 16.4 Å². The van der Waals surface area contributed by atoms with Crippen LogP contribution in [0.25, 0.3) is 5.69 Å². The summed E-state index contributed by atoms with van der Waals surface area (Å²) in [5, 5.41) is 3.89. The van der Waals surface area contributed by atoms with Gasteiger partial charge in [0.2, 0.25) is 0 Å². The monoisotopic (exact) mass is 486 g/mol. The van der Waals surface area contributed by atoms with E-state index in [9.17, 15) is 22.8 Å². The third-order valence-corrected chi connectivity index (χ3v) is 5.95. The van der Waals surface area contributed by atoms with E-state index in [4.69, 9.17) is 4.74 Å². The Kier molecular flexibility index (Phi) is 6.81. The second-order valence-electron chi connectivity index (χ2n) is 8.29. The Labute approximate surface area is 200 Å². The molecule has 0 aliphatic carbocycles. The highest BCUT2D eigenvalue weighted by atomic mass is 19.4. The van der Waals surface area contributed by atoms with Crippen LogP contribution in [0.5, 0.6) is 5.75 Å². The number of alkyl halides is 3. The van der Waals surface area contributed by atoms with Gasteiger partial charge in [-0.2, -0.15) is 18.3 Å². The van der Waals surface area contributed by atoms with Crippen LogP contribution in [0.15, 0.2) is 54.7 Å². The summed E-state index contributed by atoms with van der Waals surface area (Å²) in [5.41, 5.74) is -0.123. The third-order valence-electron chi connectivity index (χ3n) is 5.95. The molecule has 4 rings (SSSR count). The fourth-order valence-electron chi connectivity index (χ4n) is 4.15. The first-order valence-corrected chi connectivity index (χ1v) is 11.1. The Bertz CT molecular complexity index is 1220. The van der Waals surface area contributed by atoms with Gasteiger partial charge in [0.15, 0.2) is 5.69 Å². The number of methoxy groups -OCH3 is 1. The second kappa shape index (κ2) is 9.81. The molecule has 1 aliphatic heterocycles. The molecule has 0 radical (unpaired) electrons. The van der Waals surface area contributed by atoms with Gasteiger partial charge in [-0.25, -0.2) is 4.68 Å². The first-order chi connectivity index (χ1) is 16.7. The zero-order valence-electron chi connectivity index (χ0n) is 19.4. The average Bonchev–Trinajstić information content (AvgIpc) is 3.16. The van der Waals surface area contributed by atoms with Crippen LogP contribution >= 0.6 is 0 Å². The summed E-state index contributed by atoms with van der Waals surface area (Å²) in [6.45, 7) is 2.72. The van der Waals surface area contributed by atoms with Crippen LogP contribution in [-0.2, 0) is 6.18 Å². The van der Waals surface area contributed by atoms with Crippen molar-refractivity contribution >= 4 is 11.8 Å². The van der Waals surface area contributed by atoms with Crippen LogP contribution < -0.4 is 4.74 Å². The summed E-state index contributed by atoms with van der Waals surface area (Å²) in [6.07, 6.45) is -3.39. The Morgan fingerprint density at radius 3 is 2.09 bits per heavy atom. The van der Waals surface area contributed by atoms with Gasteiger partial charge < -0.3 is 14.5 Å². The molecule has 2 heterocycles. The smallest absolute Gasteiger partial charge is 0.434 e. The number of rotatable bonds is 4. The van der Waals surface area contributed by atoms with E-state index in [1.165, 1.54) is 24.1 Å². The minimum absolute atomic E-state index is 0.104. The van der Waals surface area contributed by atoms with Gasteiger partial charge in [0.25, 0.3) is 11.8 Å². The molecule has 0 saturated carbocycles. The highest BCUT2D eigenvalue weighted by Gasteiger charge is 2.41. The number of aryl methyl sites for hydroxylation is 1. The topological polar surface area (TPSA) is 67.7 Å². The standard InChI is InChI=1S/C25H25F3N4O3/c1-17-8-10-18(11-9-17)32-22(25(26,27)28)20(16-29-32)24(34)31-13-5-12-30(14-15-31)23(33)19-6-3-4-7-21(19)35-2/h3-4,6-11,16H,5,12-15H2,1-2H3. The van der Waals surface area contributed by atoms with Crippen LogP contribution in [0.1, 0.15) is 38.4 Å². The highest BCUT2D eigenvalue weighted by molar-refractivity contribution is 5.97. The Balaban J connectivity index is 1.56. The van der Waals surface area contributed by atoms with Gasteiger partial charge in [-0.3, -0.25) is 9.59 Å². The van der Waals surface area contributed by atoms with E-state index < -0.39 is 23.3 Å². The predicted molar refractivity (Wildman–Crippen MR) is 123 cm³/mol. The van der Waals surface area contributed by atoms with E-state index in [-0.39, 0.29) is 31.2 Å². The summed E-state index contributed by atoms with van der Waals surface area (Å²) >= 11 is 0. The predicted octanol–water partition coefficient (Wildman–Crippen LogP) is 4.20. The van der Waals surface area contributed by atoms with Crippen molar-refractivity contribution in [3.05, 3.63) is 77.1 Å². The zero-order chi connectivity index (χ0) is 25.2. The lowest BCUT2D eigenvalue weighted by Crippen LogP contribution is -2.38. The minimum atomic E-state index is -4.79. The normalized spacial score (nSPS) is 14.5. The number of nitrogens with zero attached hydrogens (tertiary/aromatic N) is 4. The maximum absolute atomic E-state index is 14.0. The van der Waals surface area contributed by atoms with E-state index in [2.05, 4.69) is 5.10 Å². The van der Waals surface area contributed by atoms with Crippen molar-refractivity contribution in [2.45, 2.75) is 19.5 Å². The van der Waals surface area contributed by atoms with Crippen molar-refractivity contribution in [1.29, 1.82) is 0 Å². The van der Waals surface area contributed by atoms with Gasteiger partial charge in [0.05, 0.1) is 30.1 Å². The molecule has 3 aromatic rings. The van der Waals surface area contributed by atoms with Gasteiger partial charge in [0.1, 0.15) is 5.75 Å². The van der Waals surface area contributed by atoms with Crippen LogP contribution in [0.4, 0.5) is 13.2 Å². The average molecular weight is 486 g/mol.